The van der Waals surface area contributed by atoms with Crippen LogP contribution in [0.25, 0.3) is 0 Å². The summed E-state index contributed by atoms with van der Waals surface area (Å²) >= 11 is 0. The molecule has 1 fully saturated rings. The van der Waals surface area contributed by atoms with Gasteiger partial charge in [-0.2, -0.15) is 0 Å². The van der Waals surface area contributed by atoms with Crippen molar-refractivity contribution in [2.75, 3.05) is 13.1 Å². The average molecular weight is 350 g/mol. The highest BCUT2D eigenvalue weighted by Crippen LogP contribution is 2.35. The fourth-order valence-electron chi connectivity index (χ4n) is 3.63. The van der Waals surface area contributed by atoms with Crippen LogP contribution in [0.4, 0.5) is 0 Å². The molecule has 2 aromatic carbocycles. The number of hydrogen-bond donors (Lipinski definition) is 1. The first-order valence-electron chi connectivity index (χ1n) is 9.25. The zero-order valence-corrected chi connectivity index (χ0v) is 15.4. The lowest BCUT2D eigenvalue weighted by atomic mass is 9.82. The first kappa shape index (κ1) is 18.2. The molecule has 26 heavy (non-hydrogen) atoms. The molecule has 2 aromatic rings. The van der Waals surface area contributed by atoms with Crippen LogP contribution >= 0.6 is 0 Å². The van der Waals surface area contributed by atoms with Gasteiger partial charge in [-0.05, 0) is 31.4 Å². The van der Waals surface area contributed by atoms with Crippen molar-refractivity contribution in [2.45, 2.75) is 38.1 Å². The number of rotatable bonds is 6. The van der Waals surface area contributed by atoms with E-state index in [0.717, 1.165) is 11.1 Å². The average Bonchev–Trinajstić information content (AvgIpc) is 2.66. The molecule has 0 spiro atoms. The van der Waals surface area contributed by atoms with Crippen LogP contribution in [0.2, 0.25) is 0 Å². The van der Waals surface area contributed by atoms with Crippen LogP contribution in [0.3, 0.4) is 0 Å². The number of carbonyl (C=O) groups is 2. The molecule has 0 aliphatic carbocycles. The minimum atomic E-state index is -0.717. The molecule has 1 heterocycles. The van der Waals surface area contributed by atoms with Gasteiger partial charge in [0.1, 0.15) is 5.54 Å². The molecule has 2 amide bonds. The lowest BCUT2D eigenvalue weighted by Crippen LogP contribution is -2.67. The molecule has 0 bridgehead atoms. The Morgan fingerprint density at radius 3 is 2.00 bits per heavy atom. The molecular formula is C22H26N2O2. The summed E-state index contributed by atoms with van der Waals surface area (Å²) in [5.74, 6) is -0.0396. The second-order valence-electron chi connectivity index (χ2n) is 7.01. The molecule has 0 aromatic heterocycles. The summed E-state index contributed by atoms with van der Waals surface area (Å²) in [7, 11) is 0. The Labute approximate surface area is 155 Å². The summed E-state index contributed by atoms with van der Waals surface area (Å²) < 4.78 is 0. The summed E-state index contributed by atoms with van der Waals surface area (Å²) in [6, 6.07) is 20.2. The van der Waals surface area contributed by atoms with Crippen LogP contribution in [-0.4, -0.2) is 35.3 Å². The van der Waals surface area contributed by atoms with Crippen LogP contribution in [0, 0.1) is 0 Å². The Morgan fingerprint density at radius 2 is 1.58 bits per heavy atom. The van der Waals surface area contributed by atoms with Gasteiger partial charge in [0.2, 0.25) is 11.8 Å². The molecule has 1 saturated heterocycles. The van der Waals surface area contributed by atoms with E-state index in [-0.39, 0.29) is 17.7 Å². The lowest BCUT2D eigenvalue weighted by Gasteiger charge is -2.49. The van der Waals surface area contributed by atoms with E-state index in [2.05, 4.69) is 29.6 Å². The number of nitrogens with zero attached hydrogens (tertiary/aromatic N) is 1. The SMILES string of the molecule is CCNC(=O)C1(C)CCN1C(=O)CC(c1ccccc1)c1ccccc1. The summed E-state index contributed by atoms with van der Waals surface area (Å²) in [4.78, 5) is 27.2. The van der Waals surface area contributed by atoms with E-state index in [4.69, 9.17) is 0 Å². The summed E-state index contributed by atoms with van der Waals surface area (Å²) in [5, 5.41) is 2.86. The Hall–Kier alpha value is -2.62. The Bertz CT molecular complexity index is 721. The number of amides is 2. The smallest absolute Gasteiger partial charge is 0.245 e. The van der Waals surface area contributed by atoms with Gasteiger partial charge in [0.25, 0.3) is 0 Å². The number of benzene rings is 2. The molecular weight excluding hydrogens is 324 g/mol. The van der Waals surface area contributed by atoms with Crippen molar-refractivity contribution in [3.05, 3.63) is 71.8 Å². The van der Waals surface area contributed by atoms with Crippen molar-refractivity contribution >= 4 is 11.8 Å². The van der Waals surface area contributed by atoms with Crippen LogP contribution < -0.4 is 5.32 Å². The van der Waals surface area contributed by atoms with Crippen molar-refractivity contribution in [2.24, 2.45) is 0 Å². The number of likely N-dealkylation sites (tertiary alicyclic amines) is 1. The van der Waals surface area contributed by atoms with Gasteiger partial charge in [-0.25, -0.2) is 0 Å². The highest BCUT2D eigenvalue weighted by Gasteiger charge is 2.49. The fraction of sp³-hybridized carbons (Fsp3) is 0.364. The second-order valence-corrected chi connectivity index (χ2v) is 7.01. The Morgan fingerprint density at radius 1 is 1.04 bits per heavy atom. The maximum atomic E-state index is 13.1. The summed E-state index contributed by atoms with van der Waals surface area (Å²) in [6.45, 7) is 4.97. The van der Waals surface area contributed by atoms with Gasteiger partial charge >= 0.3 is 0 Å². The number of likely N-dealkylation sites (N-methyl/N-ethyl adjacent to an activating group) is 1. The molecule has 4 heteroatoms. The third-order valence-electron chi connectivity index (χ3n) is 5.33. The first-order valence-corrected chi connectivity index (χ1v) is 9.25. The van der Waals surface area contributed by atoms with Crippen LogP contribution in [0.15, 0.2) is 60.7 Å². The van der Waals surface area contributed by atoms with Gasteiger partial charge in [0.05, 0.1) is 0 Å². The quantitative estimate of drug-likeness (QED) is 0.869. The van der Waals surface area contributed by atoms with E-state index in [0.29, 0.717) is 25.9 Å². The maximum Gasteiger partial charge on any atom is 0.245 e. The van der Waals surface area contributed by atoms with Crippen molar-refractivity contribution in [1.82, 2.24) is 10.2 Å². The normalized spacial score (nSPS) is 19.1. The molecule has 1 N–H and O–H groups in total. The van der Waals surface area contributed by atoms with Crippen LogP contribution in [0.1, 0.15) is 43.7 Å². The Balaban J connectivity index is 1.81. The van der Waals surface area contributed by atoms with Gasteiger partial charge in [-0.1, -0.05) is 60.7 Å². The third kappa shape index (κ3) is 3.50. The maximum absolute atomic E-state index is 13.1. The highest BCUT2D eigenvalue weighted by molar-refractivity contribution is 5.93. The third-order valence-corrected chi connectivity index (χ3v) is 5.33. The van der Waals surface area contributed by atoms with Crippen molar-refractivity contribution in [1.29, 1.82) is 0 Å². The van der Waals surface area contributed by atoms with Gasteiger partial charge in [-0.3, -0.25) is 9.59 Å². The van der Waals surface area contributed by atoms with Gasteiger partial charge in [0, 0.05) is 25.4 Å². The van der Waals surface area contributed by atoms with E-state index in [1.54, 1.807) is 4.90 Å². The number of hydrogen-bond acceptors (Lipinski definition) is 2. The van der Waals surface area contributed by atoms with Gasteiger partial charge in [-0.15, -0.1) is 0 Å². The van der Waals surface area contributed by atoms with Crippen LogP contribution in [-0.2, 0) is 9.59 Å². The largest absolute Gasteiger partial charge is 0.354 e. The van der Waals surface area contributed by atoms with E-state index in [1.165, 1.54) is 0 Å². The topological polar surface area (TPSA) is 49.4 Å². The van der Waals surface area contributed by atoms with E-state index in [1.807, 2.05) is 50.2 Å². The van der Waals surface area contributed by atoms with E-state index < -0.39 is 5.54 Å². The molecule has 0 saturated carbocycles. The zero-order valence-electron chi connectivity index (χ0n) is 15.4. The van der Waals surface area contributed by atoms with Gasteiger partial charge in [0.15, 0.2) is 0 Å². The zero-order chi connectivity index (χ0) is 18.6. The van der Waals surface area contributed by atoms with Crippen molar-refractivity contribution in [3.8, 4) is 0 Å². The van der Waals surface area contributed by atoms with Crippen LogP contribution in [0.5, 0.6) is 0 Å². The molecule has 3 rings (SSSR count). The minimum Gasteiger partial charge on any atom is -0.354 e. The molecule has 1 unspecified atom stereocenters. The Kier molecular flexibility index (Phi) is 5.40. The monoisotopic (exact) mass is 350 g/mol. The molecule has 136 valence electrons. The summed E-state index contributed by atoms with van der Waals surface area (Å²) in [5.41, 5.74) is 1.52. The summed E-state index contributed by atoms with van der Waals surface area (Å²) in [6.07, 6.45) is 1.08. The second kappa shape index (κ2) is 7.73. The molecule has 0 radical (unpaired) electrons. The lowest BCUT2D eigenvalue weighted by molar-refractivity contribution is -0.157. The van der Waals surface area contributed by atoms with E-state index >= 15 is 0 Å². The minimum absolute atomic E-state index is 0.0102. The molecule has 4 nitrogen and oxygen atoms in total. The number of nitrogens with one attached hydrogen (secondary N) is 1. The molecule has 1 aliphatic heterocycles. The first-order chi connectivity index (χ1) is 12.6. The molecule has 1 atom stereocenters. The fourth-order valence-corrected chi connectivity index (χ4v) is 3.63. The number of carbonyl (C=O) groups excluding carboxylic acids is 2. The highest BCUT2D eigenvalue weighted by atomic mass is 16.2. The van der Waals surface area contributed by atoms with E-state index in [9.17, 15) is 9.59 Å². The van der Waals surface area contributed by atoms with Gasteiger partial charge < -0.3 is 10.2 Å². The predicted molar refractivity (Wildman–Crippen MR) is 103 cm³/mol. The molecule has 1 aliphatic rings. The predicted octanol–water partition coefficient (Wildman–Crippen LogP) is 3.34. The van der Waals surface area contributed by atoms with Crippen molar-refractivity contribution < 1.29 is 9.59 Å². The van der Waals surface area contributed by atoms with Crippen molar-refractivity contribution in [3.63, 3.8) is 0 Å². The standard InChI is InChI=1S/C22H26N2O2/c1-3-23-21(26)22(2)14-15-24(22)20(25)16-19(17-10-6-4-7-11-17)18-12-8-5-9-13-18/h4-13,19H,3,14-16H2,1-2H3,(H,23,26).